The Labute approximate surface area is 188 Å². The normalized spacial score (nSPS) is 22.2. The summed E-state index contributed by atoms with van der Waals surface area (Å²) < 4.78 is 57.3. The van der Waals surface area contributed by atoms with Crippen molar-refractivity contribution in [1.29, 1.82) is 0 Å². The van der Waals surface area contributed by atoms with E-state index in [1.807, 2.05) is 6.07 Å². The van der Waals surface area contributed by atoms with Crippen molar-refractivity contribution >= 4 is 25.8 Å². The number of benzene rings is 1. The number of carbonyl (C=O) groups is 1. The number of hydrogen-bond acceptors (Lipinski definition) is 7. The fourth-order valence-electron chi connectivity index (χ4n) is 3.43. The number of nitrogens with zero attached hydrogens (tertiary/aromatic N) is 1. The molecule has 0 fully saturated rings. The first kappa shape index (κ1) is 24.1. The molecule has 2 aromatic rings. The van der Waals surface area contributed by atoms with Gasteiger partial charge in [-0.25, -0.2) is 21.6 Å². The van der Waals surface area contributed by atoms with Crippen molar-refractivity contribution in [3.05, 3.63) is 42.7 Å². The predicted molar refractivity (Wildman–Crippen MR) is 120 cm³/mol. The molecule has 2 bridgehead atoms. The summed E-state index contributed by atoms with van der Waals surface area (Å²) in [5.74, 6) is -0.105. The second-order valence-corrected chi connectivity index (χ2v) is 11.8. The zero-order chi connectivity index (χ0) is 23.4. The summed E-state index contributed by atoms with van der Waals surface area (Å²) in [5, 5.41) is 2.77. The van der Waals surface area contributed by atoms with Gasteiger partial charge in [0, 0.05) is 23.5 Å². The molecule has 32 heavy (non-hydrogen) atoms. The number of rotatable bonds is 2. The van der Waals surface area contributed by atoms with Gasteiger partial charge in [0.15, 0.2) is 9.84 Å². The second kappa shape index (κ2) is 9.97. The summed E-state index contributed by atoms with van der Waals surface area (Å²) in [6.45, 7) is 1.90. The third kappa shape index (κ3) is 6.50. The highest BCUT2D eigenvalue weighted by atomic mass is 32.2. The fourth-order valence-corrected chi connectivity index (χ4v) is 5.52. The van der Waals surface area contributed by atoms with Gasteiger partial charge in [-0.15, -0.1) is 0 Å². The third-order valence-corrected chi connectivity index (χ3v) is 7.46. The molecular formula is C21H27N3O6S2. The Morgan fingerprint density at radius 1 is 1.19 bits per heavy atom. The summed E-state index contributed by atoms with van der Waals surface area (Å²) in [5.41, 5.74) is 1.29. The maximum atomic E-state index is 12.8. The molecule has 0 aliphatic carbocycles. The number of nitrogens with one attached hydrogen (secondary N) is 2. The number of para-hydroxylation sites is 1. The van der Waals surface area contributed by atoms with Gasteiger partial charge in [0.2, 0.25) is 15.9 Å². The van der Waals surface area contributed by atoms with E-state index in [1.54, 1.807) is 37.4 Å². The van der Waals surface area contributed by atoms with Crippen LogP contribution < -0.4 is 14.8 Å². The van der Waals surface area contributed by atoms with Crippen LogP contribution in [0.1, 0.15) is 26.2 Å². The molecule has 1 aromatic carbocycles. The van der Waals surface area contributed by atoms with Crippen molar-refractivity contribution in [3.63, 3.8) is 0 Å². The second-order valence-electron chi connectivity index (χ2n) is 7.88. The molecule has 0 unspecified atom stereocenters. The monoisotopic (exact) mass is 481 g/mol. The van der Waals surface area contributed by atoms with E-state index in [2.05, 4.69) is 15.0 Å². The Kier molecular flexibility index (Phi) is 7.52. The highest BCUT2D eigenvalue weighted by Crippen LogP contribution is 2.31. The Bertz CT molecular complexity index is 1180. The number of pyridine rings is 1. The molecule has 1 aliphatic heterocycles. The number of sulfone groups is 1. The van der Waals surface area contributed by atoms with Gasteiger partial charge in [0.05, 0.1) is 22.9 Å². The molecule has 2 atom stereocenters. The van der Waals surface area contributed by atoms with E-state index >= 15 is 0 Å². The van der Waals surface area contributed by atoms with Crippen LogP contribution >= 0.6 is 0 Å². The van der Waals surface area contributed by atoms with E-state index in [1.165, 1.54) is 6.20 Å². The Balaban J connectivity index is 1.95. The van der Waals surface area contributed by atoms with Crippen molar-refractivity contribution in [2.24, 2.45) is 0 Å². The average Bonchev–Trinajstić information content (AvgIpc) is 2.73. The van der Waals surface area contributed by atoms with Crippen LogP contribution in [0, 0.1) is 0 Å². The Morgan fingerprint density at radius 3 is 2.69 bits per heavy atom. The Hall–Kier alpha value is -2.50. The molecule has 3 rings (SSSR count). The number of fused-ring (bicyclic) bond motifs is 4. The molecular weight excluding hydrogens is 454 g/mol. The van der Waals surface area contributed by atoms with E-state index in [4.69, 9.17) is 4.74 Å². The molecule has 0 radical (unpaired) electrons. The van der Waals surface area contributed by atoms with Crippen LogP contribution in [0.15, 0.2) is 47.6 Å². The van der Waals surface area contributed by atoms with Gasteiger partial charge in [0.1, 0.15) is 18.4 Å². The predicted octanol–water partition coefficient (Wildman–Crippen LogP) is 1.51. The Morgan fingerprint density at radius 2 is 1.94 bits per heavy atom. The van der Waals surface area contributed by atoms with E-state index in [0.717, 1.165) is 6.26 Å². The van der Waals surface area contributed by atoms with Gasteiger partial charge in [-0.3, -0.25) is 9.78 Å². The summed E-state index contributed by atoms with van der Waals surface area (Å²) >= 11 is 0. The van der Waals surface area contributed by atoms with E-state index < -0.39 is 37.9 Å². The first-order valence-electron chi connectivity index (χ1n) is 10.2. The minimum atomic E-state index is -3.63. The SMILES string of the molecule is C[C@@H]1COc2ccccc2-c2cncc(c2)S(=O)(=O)CCCC[C@H](NS(C)(=O)=O)C(=O)N1. The van der Waals surface area contributed by atoms with Crippen LogP contribution in [0.5, 0.6) is 5.75 Å². The lowest BCUT2D eigenvalue weighted by Gasteiger charge is -2.22. The number of hydrogen-bond donors (Lipinski definition) is 2. The van der Waals surface area contributed by atoms with Gasteiger partial charge < -0.3 is 10.1 Å². The fraction of sp³-hybridized carbons (Fsp3) is 0.429. The summed E-state index contributed by atoms with van der Waals surface area (Å²) in [6, 6.07) is 7.35. The van der Waals surface area contributed by atoms with Crippen LogP contribution in [0.4, 0.5) is 0 Å². The first-order valence-corrected chi connectivity index (χ1v) is 13.8. The highest BCUT2D eigenvalue weighted by Gasteiger charge is 2.24. The van der Waals surface area contributed by atoms with Crippen molar-refractivity contribution < 1.29 is 26.4 Å². The van der Waals surface area contributed by atoms with Gasteiger partial charge in [-0.05, 0) is 31.9 Å². The highest BCUT2D eigenvalue weighted by molar-refractivity contribution is 7.91. The largest absolute Gasteiger partial charge is 0.491 e. The maximum absolute atomic E-state index is 12.8. The lowest BCUT2D eigenvalue weighted by molar-refractivity contribution is -0.123. The quantitative estimate of drug-likeness (QED) is 0.664. The molecule has 0 spiro atoms. The van der Waals surface area contributed by atoms with Crippen LogP contribution in [0.2, 0.25) is 0 Å². The zero-order valence-corrected chi connectivity index (χ0v) is 19.6. The van der Waals surface area contributed by atoms with Crippen molar-refractivity contribution in [3.8, 4) is 16.9 Å². The minimum Gasteiger partial charge on any atom is -0.491 e. The number of carbonyl (C=O) groups excluding carboxylic acids is 1. The van der Waals surface area contributed by atoms with Crippen LogP contribution in [-0.2, 0) is 24.7 Å². The molecule has 0 saturated carbocycles. The lowest BCUT2D eigenvalue weighted by Crippen LogP contribution is -2.49. The standard InChI is InChI=1S/C21H27N3O6S2/c1-15-14-30-20-9-4-3-7-18(20)16-11-17(13-22-12-16)32(28,29)10-6-5-8-19(21(25)23-15)24-31(2,26)27/h3-4,7,9,11-13,15,19,24H,5-6,8,10,14H2,1-2H3,(H,23,25)/t15-,19+/m1/s1. The number of ether oxygens (including phenoxy) is 1. The summed E-state index contributed by atoms with van der Waals surface area (Å²) in [7, 11) is -7.24. The first-order chi connectivity index (χ1) is 15.0. The van der Waals surface area contributed by atoms with Crippen molar-refractivity contribution in [1.82, 2.24) is 15.0 Å². The molecule has 2 heterocycles. The topological polar surface area (TPSA) is 132 Å². The van der Waals surface area contributed by atoms with Gasteiger partial charge in [-0.1, -0.05) is 24.6 Å². The number of amides is 1. The molecule has 0 saturated heterocycles. The van der Waals surface area contributed by atoms with Gasteiger partial charge in [0.25, 0.3) is 0 Å². The minimum absolute atomic E-state index is 0.105. The van der Waals surface area contributed by atoms with Gasteiger partial charge in [-0.2, -0.15) is 0 Å². The molecule has 1 aromatic heterocycles. The zero-order valence-electron chi connectivity index (χ0n) is 17.9. The van der Waals surface area contributed by atoms with Crippen molar-refractivity contribution in [2.75, 3.05) is 18.6 Å². The molecule has 1 aliphatic rings. The van der Waals surface area contributed by atoms with E-state index in [-0.39, 0.29) is 30.1 Å². The molecule has 1 amide bonds. The third-order valence-electron chi connectivity index (χ3n) is 4.98. The summed E-state index contributed by atoms with van der Waals surface area (Å²) in [4.78, 5) is 16.9. The van der Waals surface area contributed by atoms with E-state index in [0.29, 0.717) is 23.3 Å². The van der Waals surface area contributed by atoms with Crippen molar-refractivity contribution in [2.45, 2.75) is 43.2 Å². The molecule has 11 heteroatoms. The smallest absolute Gasteiger partial charge is 0.238 e. The summed E-state index contributed by atoms with van der Waals surface area (Å²) in [6.07, 6.45) is 4.67. The maximum Gasteiger partial charge on any atom is 0.238 e. The van der Waals surface area contributed by atoms with Crippen LogP contribution in [-0.4, -0.2) is 58.4 Å². The number of aromatic nitrogens is 1. The molecule has 174 valence electrons. The lowest BCUT2D eigenvalue weighted by atomic mass is 10.1. The number of sulfonamides is 1. The van der Waals surface area contributed by atoms with Crippen LogP contribution in [0.3, 0.4) is 0 Å². The van der Waals surface area contributed by atoms with E-state index in [9.17, 15) is 21.6 Å². The average molecular weight is 482 g/mol. The van der Waals surface area contributed by atoms with Crippen LogP contribution in [0.25, 0.3) is 11.1 Å². The van der Waals surface area contributed by atoms with Gasteiger partial charge >= 0.3 is 0 Å². The molecule has 9 nitrogen and oxygen atoms in total. The molecule has 2 N–H and O–H groups in total.